The van der Waals surface area contributed by atoms with E-state index >= 15 is 0 Å². The molecule has 0 spiro atoms. The van der Waals surface area contributed by atoms with Crippen molar-refractivity contribution in [3.8, 4) is 0 Å². The highest BCUT2D eigenvalue weighted by atomic mass is 16.4. The Bertz CT molecular complexity index is 676. The van der Waals surface area contributed by atoms with E-state index in [0.717, 1.165) is 5.56 Å². The molecular formula is C14H17N5O3. The SMILES string of the molecule is Cc1nc(NC(=O)Nc2cccc(CCC(=O)O)c2)nn1C. The fourth-order valence-corrected chi connectivity index (χ4v) is 1.84. The van der Waals surface area contributed by atoms with Gasteiger partial charge in [-0.05, 0) is 31.0 Å². The van der Waals surface area contributed by atoms with Gasteiger partial charge < -0.3 is 10.4 Å². The van der Waals surface area contributed by atoms with Gasteiger partial charge in [-0.15, -0.1) is 5.10 Å². The van der Waals surface area contributed by atoms with Crippen LogP contribution in [-0.4, -0.2) is 31.9 Å². The second kappa shape index (κ2) is 6.70. The first-order chi connectivity index (χ1) is 10.4. The van der Waals surface area contributed by atoms with Crippen LogP contribution in [0.15, 0.2) is 24.3 Å². The maximum absolute atomic E-state index is 11.9. The Hall–Kier alpha value is -2.90. The zero-order valence-corrected chi connectivity index (χ0v) is 12.3. The van der Waals surface area contributed by atoms with Crippen LogP contribution in [0.3, 0.4) is 0 Å². The molecule has 0 radical (unpaired) electrons. The molecule has 1 aromatic carbocycles. The van der Waals surface area contributed by atoms with E-state index in [-0.39, 0.29) is 12.4 Å². The van der Waals surface area contributed by atoms with Crippen molar-refractivity contribution in [1.29, 1.82) is 0 Å². The Kier molecular flexibility index (Phi) is 4.72. The number of nitrogens with zero attached hydrogens (tertiary/aromatic N) is 3. The Morgan fingerprint density at radius 2 is 2.09 bits per heavy atom. The number of carbonyl (C=O) groups excluding carboxylic acids is 1. The number of aryl methyl sites for hydroxylation is 3. The zero-order chi connectivity index (χ0) is 16.1. The minimum Gasteiger partial charge on any atom is -0.481 e. The lowest BCUT2D eigenvalue weighted by Crippen LogP contribution is -2.20. The van der Waals surface area contributed by atoms with Crippen molar-refractivity contribution in [3.63, 3.8) is 0 Å². The molecule has 0 unspecified atom stereocenters. The summed E-state index contributed by atoms with van der Waals surface area (Å²) in [6.45, 7) is 1.78. The molecule has 0 saturated heterocycles. The van der Waals surface area contributed by atoms with Crippen LogP contribution in [0, 0.1) is 6.92 Å². The lowest BCUT2D eigenvalue weighted by molar-refractivity contribution is -0.136. The second-order valence-corrected chi connectivity index (χ2v) is 4.78. The first-order valence-corrected chi connectivity index (χ1v) is 6.70. The molecular weight excluding hydrogens is 286 g/mol. The minimum atomic E-state index is -0.854. The summed E-state index contributed by atoms with van der Waals surface area (Å²) in [5.74, 6) is 0.0539. The summed E-state index contributed by atoms with van der Waals surface area (Å²) in [5.41, 5.74) is 1.42. The maximum Gasteiger partial charge on any atom is 0.326 e. The third kappa shape index (κ3) is 4.30. The third-order valence-corrected chi connectivity index (χ3v) is 3.02. The van der Waals surface area contributed by atoms with E-state index in [9.17, 15) is 9.59 Å². The van der Waals surface area contributed by atoms with Crippen molar-refractivity contribution in [1.82, 2.24) is 14.8 Å². The van der Waals surface area contributed by atoms with Gasteiger partial charge in [0.25, 0.3) is 0 Å². The lowest BCUT2D eigenvalue weighted by atomic mass is 10.1. The minimum absolute atomic E-state index is 0.0484. The van der Waals surface area contributed by atoms with Crippen LogP contribution >= 0.6 is 0 Å². The van der Waals surface area contributed by atoms with E-state index in [1.807, 2.05) is 6.07 Å². The predicted octanol–water partition coefficient (Wildman–Crippen LogP) is 1.78. The number of carbonyl (C=O) groups is 2. The van der Waals surface area contributed by atoms with Crippen molar-refractivity contribution < 1.29 is 14.7 Å². The number of aliphatic carboxylic acids is 1. The molecule has 2 rings (SSSR count). The van der Waals surface area contributed by atoms with Crippen LogP contribution in [0.25, 0.3) is 0 Å². The number of hydrogen-bond acceptors (Lipinski definition) is 4. The van der Waals surface area contributed by atoms with E-state index < -0.39 is 12.0 Å². The van der Waals surface area contributed by atoms with Crippen molar-refractivity contribution in [3.05, 3.63) is 35.7 Å². The molecule has 1 heterocycles. The van der Waals surface area contributed by atoms with Crippen LogP contribution in [0.5, 0.6) is 0 Å². The summed E-state index contributed by atoms with van der Waals surface area (Å²) >= 11 is 0. The summed E-state index contributed by atoms with van der Waals surface area (Å²) in [7, 11) is 1.73. The fraction of sp³-hybridized carbons (Fsp3) is 0.286. The quantitative estimate of drug-likeness (QED) is 0.780. The number of amides is 2. The highest BCUT2D eigenvalue weighted by Gasteiger charge is 2.08. The topological polar surface area (TPSA) is 109 Å². The van der Waals surface area contributed by atoms with E-state index in [4.69, 9.17) is 5.11 Å². The van der Waals surface area contributed by atoms with Gasteiger partial charge in [-0.3, -0.25) is 14.8 Å². The van der Waals surface area contributed by atoms with E-state index in [1.165, 1.54) is 0 Å². The molecule has 8 heteroatoms. The molecule has 0 aliphatic rings. The van der Waals surface area contributed by atoms with Crippen LogP contribution in [0.1, 0.15) is 17.8 Å². The number of aromatic nitrogens is 3. The highest BCUT2D eigenvalue weighted by molar-refractivity contribution is 5.98. The monoisotopic (exact) mass is 303 g/mol. The standard InChI is InChI=1S/C14H17N5O3/c1-9-15-13(18-19(9)2)17-14(22)16-11-5-3-4-10(8-11)6-7-12(20)21/h3-5,8H,6-7H2,1-2H3,(H,20,21)(H2,16,17,18,22). The molecule has 116 valence electrons. The Morgan fingerprint density at radius 3 is 2.73 bits per heavy atom. The van der Waals surface area contributed by atoms with Gasteiger partial charge in [0, 0.05) is 19.2 Å². The molecule has 3 N–H and O–H groups in total. The van der Waals surface area contributed by atoms with Crippen LogP contribution in [0.4, 0.5) is 16.4 Å². The maximum atomic E-state index is 11.9. The van der Waals surface area contributed by atoms with E-state index in [1.54, 1.807) is 36.9 Å². The van der Waals surface area contributed by atoms with Crippen molar-refractivity contribution in [2.24, 2.45) is 7.05 Å². The number of rotatable bonds is 5. The van der Waals surface area contributed by atoms with Crippen LogP contribution < -0.4 is 10.6 Å². The molecule has 22 heavy (non-hydrogen) atoms. The predicted molar refractivity (Wildman–Crippen MR) is 80.8 cm³/mol. The average molecular weight is 303 g/mol. The summed E-state index contributed by atoms with van der Waals surface area (Å²) < 4.78 is 1.56. The summed E-state index contributed by atoms with van der Waals surface area (Å²) in [4.78, 5) is 26.5. The summed E-state index contributed by atoms with van der Waals surface area (Å²) in [6, 6.07) is 6.58. The van der Waals surface area contributed by atoms with Gasteiger partial charge in [-0.2, -0.15) is 4.98 Å². The molecule has 0 fully saturated rings. The number of hydrogen-bond donors (Lipinski definition) is 3. The molecule has 2 aromatic rings. The average Bonchev–Trinajstić information content (AvgIpc) is 2.75. The highest BCUT2D eigenvalue weighted by Crippen LogP contribution is 2.13. The van der Waals surface area contributed by atoms with Crippen molar-refractivity contribution in [2.45, 2.75) is 19.8 Å². The van der Waals surface area contributed by atoms with Crippen LogP contribution in [-0.2, 0) is 18.3 Å². The molecule has 0 aliphatic carbocycles. The van der Waals surface area contributed by atoms with E-state index in [0.29, 0.717) is 17.9 Å². The zero-order valence-electron chi connectivity index (χ0n) is 12.3. The Morgan fingerprint density at radius 1 is 1.32 bits per heavy atom. The van der Waals surface area contributed by atoms with Gasteiger partial charge in [0.05, 0.1) is 0 Å². The van der Waals surface area contributed by atoms with Gasteiger partial charge in [0.1, 0.15) is 5.82 Å². The largest absolute Gasteiger partial charge is 0.481 e. The Labute approximate surface area is 127 Å². The molecule has 0 bridgehead atoms. The number of benzene rings is 1. The number of anilines is 2. The summed E-state index contributed by atoms with van der Waals surface area (Å²) in [6.07, 6.45) is 0.459. The first-order valence-electron chi connectivity index (χ1n) is 6.70. The van der Waals surface area contributed by atoms with Gasteiger partial charge in [-0.1, -0.05) is 12.1 Å². The molecule has 0 saturated carbocycles. The fourth-order valence-electron chi connectivity index (χ4n) is 1.84. The van der Waals surface area contributed by atoms with Gasteiger partial charge in [-0.25, -0.2) is 4.79 Å². The lowest BCUT2D eigenvalue weighted by Gasteiger charge is -2.07. The van der Waals surface area contributed by atoms with Gasteiger partial charge in [0.2, 0.25) is 5.95 Å². The van der Waals surface area contributed by atoms with Crippen molar-refractivity contribution >= 4 is 23.6 Å². The van der Waals surface area contributed by atoms with E-state index in [2.05, 4.69) is 20.7 Å². The van der Waals surface area contributed by atoms with Crippen LogP contribution in [0.2, 0.25) is 0 Å². The molecule has 0 atom stereocenters. The number of nitrogens with one attached hydrogen (secondary N) is 2. The van der Waals surface area contributed by atoms with Gasteiger partial charge >= 0.3 is 12.0 Å². The summed E-state index contributed by atoms with van der Waals surface area (Å²) in [5, 5.41) is 17.9. The molecule has 2 amide bonds. The first kappa shape index (κ1) is 15.5. The normalized spacial score (nSPS) is 10.3. The number of carboxylic acid groups (broad SMARTS) is 1. The van der Waals surface area contributed by atoms with Crippen molar-refractivity contribution in [2.75, 3.05) is 10.6 Å². The third-order valence-electron chi connectivity index (χ3n) is 3.02. The van der Waals surface area contributed by atoms with Gasteiger partial charge in [0.15, 0.2) is 0 Å². The smallest absolute Gasteiger partial charge is 0.326 e. The molecule has 0 aliphatic heterocycles. The number of urea groups is 1. The number of carboxylic acids is 1. The second-order valence-electron chi connectivity index (χ2n) is 4.78. The Balaban J connectivity index is 1.96. The molecule has 1 aromatic heterocycles. The molecule has 8 nitrogen and oxygen atoms in total.